The maximum absolute atomic E-state index is 11.9. The highest BCUT2D eigenvalue weighted by Gasteiger charge is 2.64. The first-order valence-electron chi connectivity index (χ1n) is 10.4. The summed E-state index contributed by atoms with van der Waals surface area (Å²) in [6.45, 7) is 4.63. The number of esters is 1. The molecule has 0 aromatic heterocycles. The van der Waals surface area contributed by atoms with E-state index in [-0.39, 0.29) is 29.3 Å². The first-order chi connectivity index (χ1) is 12.2. The van der Waals surface area contributed by atoms with Gasteiger partial charge in [-0.25, -0.2) is 0 Å². The molecule has 4 heteroatoms. The van der Waals surface area contributed by atoms with Crippen LogP contribution >= 0.6 is 0 Å². The van der Waals surface area contributed by atoms with Crippen LogP contribution < -0.4 is 0 Å². The minimum absolute atomic E-state index is 0.123. The van der Waals surface area contributed by atoms with Crippen molar-refractivity contribution >= 4 is 5.97 Å². The van der Waals surface area contributed by atoms with Gasteiger partial charge in [-0.2, -0.15) is 0 Å². The van der Waals surface area contributed by atoms with E-state index in [1.54, 1.807) is 0 Å². The topological polar surface area (TPSA) is 66.8 Å². The third-order valence-electron chi connectivity index (χ3n) is 9.06. The molecule has 26 heavy (non-hydrogen) atoms. The molecule has 146 valence electrons. The second kappa shape index (κ2) is 6.07. The normalized spacial score (nSPS) is 50.3. The molecule has 4 nitrogen and oxygen atoms in total. The number of carbonyl (C=O) groups is 1. The molecule has 7 atom stereocenters. The van der Waals surface area contributed by atoms with E-state index in [0.29, 0.717) is 24.2 Å². The third-order valence-corrected chi connectivity index (χ3v) is 9.06. The largest absolute Gasteiger partial charge is 0.469 e. The van der Waals surface area contributed by atoms with Crippen molar-refractivity contribution < 1.29 is 19.7 Å². The first-order valence-corrected chi connectivity index (χ1v) is 10.4. The summed E-state index contributed by atoms with van der Waals surface area (Å²) in [5.74, 6) is 1.41. The molecule has 4 aliphatic rings. The number of hydrogen-bond acceptors (Lipinski definition) is 4. The van der Waals surface area contributed by atoms with E-state index in [0.717, 1.165) is 44.9 Å². The van der Waals surface area contributed by atoms with Gasteiger partial charge in [0.25, 0.3) is 0 Å². The molecule has 0 saturated heterocycles. The lowest BCUT2D eigenvalue weighted by Crippen LogP contribution is -2.55. The second-order valence-corrected chi connectivity index (χ2v) is 9.94. The summed E-state index contributed by atoms with van der Waals surface area (Å²) in [6.07, 6.45) is 10.1. The number of aliphatic hydroxyl groups is 2. The van der Waals surface area contributed by atoms with Crippen molar-refractivity contribution in [3.63, 3.8) is 0 Å². The summed E-state index contributed by atoms with van der Waals surface area (Å²) in [7, 11) is 1.41. The Kier molecular flexibility index (Phi) is 4.31. The molecular weight excluding hydrogens is 328 g/mol. The van der Waals surface area contributed by atoms with Crippen molar-refractivity contribution in [3.05, 3.63) is 11.6 Å². The lowest BCUT2D eigenvalue weighted by Gasteiger charge is -2.59. The van der Waals surface area contributed by atoms with Crippen LogP contribution in [0.25, 0.3) is 0 Å². The molecule has 0 aromatic carbocycles. The van der Waals surface area contributed by atoms with Gasteiger partial charge in [0, 0.05) is 0 Å². The zero-order valence-electron chi connectivity index (χ0n) is 16.5. The highest BCUT2D eigenvalue weighted by Crippen LogP contribution is 2.67. The molecule has 0 radical (unpaired) electrons. The average Bonchev–Trinajstić information content (AvgIpc) is 2.86. The third kappa shape index (κ3) is 2.44. The van der Waals surface area contributed by atoms with Gasteiger partial charge in [0.05, 0.1) is 25.2 Å². The van der Waals surface area contributed by atoms with Gasteiger partial charge in [-0.05, 0) is 80.0 Å². The number of allylic oxidation sites excluding steroid dienone is 1. The van der Waals surface area contributed by atoms with Crippen LogP contribution in [0.5, 0.6) is 0 Å². The number of rotatable bonds is 2. The van der Waals surface area contributed by atoms with Crippen LogP contribution in [0.2, 0.25) is 0 Å². The van der Waals surface area contributed by atoms with E-state index >= 15 is 0 Å². The lowest BCUT2D eigenvalue weighted by atomic mass is 9.47. The summed E-state index contributed by atoms with van der Waals surface area (Å²) in [4.78, 5) is 11.9. The monoisotopic (exact) mass is 362 g/mol. The molecule has 0 heterocycles. The first kappa shape index (κ1) is 18.5. The number of aliphatic hydroxyl groups excluding tert-OH is 1. The number of carbonyl (C=O) groups excluding carboxylic acids is 1. The zero-order chi connectivity index (χ0) is 18.7. The van der Waals surface area contributed by atoms with E-state index in [1.807, 2.05) is 0 Å². The van der Waals surface area contributed by atoms with Gasteiger partial charge in [-0.15, -0.1) is 0 Å². The highest BCUT2D eigenvalue weighted by molar-refractivity contribution is 5.70. The van der Waals surface area contributed by atoms with Crippen LogP contribution in [0.4, 0.5) is 0 Å². The van der Waals surface area contributed by atoms with Gasteiger partial charge < -0.3 is 14.9 Å². The van der Waals surface area contributed by atoms with Gasteiger partial charge in [-0.1, -0.05) is 25.5 Å². The van der Waals surface area contributed by atoms with E-state index in [1.165, 1.54) is 12.7 Å². The van der Waals surface area contributed by atoms with Crippen molar-refractivity contribution in [2.24, 2.45) is 28.6 Å². The number of methoxy groups -OCH3 is 1. The quantitative estimate of drug-likeness (QED) is 0.582. The Morgan fingerprint density at radius 2 is 1.92 bits per heavy atom. The summed E-state index contributed by atoms with van der Waals surface area (Å²) >= 11 is 0. The van der Waals surface area contributed by atoms with Crippen molar-refractivity contribution in [1.82, 2.24) is 0 Å². The van der Waals surface area contributed by atoms with Crippen LogP contribution in [0.3, 0.4) is 0 Å². The maximum atomic E-state index is 11.9. The fraction of sp³-hybridized carbons (Fsp3) is 0.864. The van der Waals surface area contributed by atoms with Crippen molar-refractivity contribution in [3.8, 4) is 0 Å². The number of hydrogen-bond donors (Lipinski definition) is 2. The summed E-state index contributed by atoms with van der Waals surface area (Å²) in [5.41, 5.74) is 0.567. The van der Waals surface area contributed by atoms with E-state index < -0.39 is 5.60 Å². The Bertz CT molecular complexity index is 628. The fourth-order valence-corrected chi connectivity index (χ4v) is 7.35. The van der Waals surface area contributed by atoms with Crippen LogP contribution in [0.1, 0.15) is 71.6 Å². The predicted octanol–water partition coefficient (Wildman–Crippen LogP) is 3.60. The maximum Gasteiger partial charge on any atom is 0.308 e. The minimum Gasteiger partial charge on any atom is -0.469 e. The van der Waals surface area contributed by atoms with Gasteiger partial charge >= 0.3 is 5.97 Å². The van der Waals surface area contributed by atoms with Crippen LogP contribution in [-0.4, -0.2) is 35.0 Å². The number of ether oxygens (including phenoxy) is 1. The molecule has 3 fully saturated rings. The van der Waals surface area contributed by atoms with Gasteiger partial charge in [-0.3, -0.25) is 4.79 Å². The standard InChI is InChI=1S/C22H34O4/c1-20-9-6-15(23)12-14(20)4-5-16-17(20)7-10-21(2)18(16)8-11-22(21,25)13-19(24)26-3/h4,15-18,23,25H,5-13H2,1-3H3/t15-,16-,17+,18+,20-,21-,22+/m0/s1. The van der Waals surface area contributed by atoms with E-state index in [9.17, 15) is 15.0 Å². The summed E-state index contributed by atoms with van der Waals surface area (Å²) < 4.78 is 4.87. The molecule has 0 amide bonds. The van der Waals surface area contributed by atoms with Crippen LogP contribution in [-0.2, 0) is 9.53 Å². The molecular formula is C22H34O4. The zero-order valence-corrected chi connectivity index (χ0v) is 16.5. The Morgan fingerprint density at radius 3 is 2.65 bits per heavy atom. The van der Waals surface area contributed by atoms with E-state index in [4.69, 9.17) is 4.74 Å². The second-order valence-electron chi connectivity index (χ2n) is 9.94. The number of fused-ring (bicyclic) bond motifs is 5. The molecule has 0 spiro atoms. The highest BCUT2D eigenvalue weighted by atomic mass is 16.5. The molecule has 4 rings (SSSR count). The Hall–Kier alpha value is -0.870. The smallest absolute Gasteiger partial charge is 0.308 e. The molecule has 0 unspecified atom stereocenters. The van der Waals surface area contributed by atoms with Crippen molar-refractivity contribution in [2.45, 2.75) is 83.3 Å². The lowest BCUT2D eigenvalue weighted by molar-refractivity contribution is -0.160. The molecule has 3 saturated carbocycles. The molecule has 4 aliphatic carbocycles. The molecule has 2 N–H and O–H groups in total. The van der Waals surface area contributed by atoms with Crippen LogP contribution in [0, 0.1) is 28.6 Å². The summed E-state index contributed by atoms with van der Waals surface area (Å²) in [6, 6.07) is 0. The average molecular weight is 363 g/mol. The summed E-state index contributed by atoms with van der Waals surface area (Å²) in [5, 5.41) is 21.5. The fourth-order valence-electron chi connectivity index (χ4n) is 7.35. The van der Waals surface area contributed by atoms with E-state index in [2.05, 4.69) is 19.9 Å². The Labute approximate surface area is 157 Å². The Morgan fingerprint density at radius 1 is 1.19 bits per heavy atom. The molecule has 0 aliphatic heterocycles. The van der Waals surface area contributed by atoms with Crippen LogP contribution in [0.15, 0.2) is 11.6 Å². The molecule has 0 aromatic rings. The SMILES string of the molecule is COC(=O)C[C@]1(O)CC[C@@H]2[C@H]3CC=C4C[C@@H](O)CC[C@]4(C)[C@@H]3CC[C@@]21C. The predicted molar refractivity (Wildman–Crippen MR) is 99.3 cm³/mol. The van der Waals surface area contributed by atoms with Gasteiger partial charge in [0.1, 0.15) is 0 Å². The minimum atomic E-state index is -0.927. The Balaban J connectivity index is 1.63. The van der Waals surface area contributed by atoms with Gasteiger partial charge in [0.15, 0.2) is 0 Å². The van der Waals surface area contributed by atoms with Crippen molar-refractivity contribution in [1.29, 1.82) is 0 Å². The van der Waals surface area contributed by atoms with Crippen molar-refractivity contribution in [2.75, 3.05) is 7.11 Å². The molecule has 0 bridgehead atoms. The van der Waals surface area contributed by atoms with Gasteiger partial charge in [0.2, 0.25) is 0 Å².